The van der Waals surface area contributed by atoms with Gasteiger partial charge in [-0.25, -0.2) is 4.79 Å². The number of hydrogen-bond acceptors (Lipinski definition) is 4. The molecule has 1 saturated heterocycles. The van der Waals surface area contributed by atoms with Crippen molar-refractivity contribution in [3.05, 3.63) is 71.8 Å². The van der Waals surface area contributed by atoms with E-state index in [1.165, 1.54) is 0 Å². The van der Waals surface area contributed by atoms with E-state index in [2.05, 4.69) is 10.6 Å². The van der Waals surface area contributed by atoms with E-state index in [0.29, 0.717) is 25.9 Å². The van der Waals surface area contributed by atoms with Gasteiger partial charge in [-0.15, -0.1) is 0 Å². The van der Waals surface area contributed by atoms with E-state index in [-0.39, 0.29) is 11.8 Å². The van der Waals surface area contributed by atoms with Gasteiger partial charge >= 0.3 is 6.09 Å². The van der Waals surface area contributed by atoms with Gasteiger partial charge in [0, 0.05) is 19.5 Å². The molecule has 1 aliphatic heterocycles. The largest absolute Gasteiger partial charge is 0.444 e. The van der Waals surface area contributed by atoms with Crippen molar-refractivity contribution in [2.45, 2.75) is 64.3 Å². The zero-order valence-corrected chi connectivity index (χ0v) is 19.5. The molecule has 0 spiro atoms. The second-order valence-electron chi connectivity index (χ2n) is 9.28. The Morgan fingerprint density at radius 2 is 1.61 bits per heavy atom. The molecule has 7 heteroatoms. The van der Waals surface area contributed by atoms with Crippen molar-refractivity contribution in [1.29, 1.82) is 0 Å². The van der Waals surface area contributed by atoms with Gasteiger partial charge in [0.15, 0.2) is 0 Å². The van der Waals surface area contributed by atoms with Crippen LogP contribution in [0.5, 0.6) is 0 Å². The van der Waals surface area contributed by atoms with Gasteiger partial charge in [0.05, 0.1) is 0 Å². The molecular weight excluding hydrogens is 418 g/mol. The van der Waals surface area contributed by atoms with Gasteiger partial charge in [0.25, 0.3) is 0 Å². The summed E-state index contributed by atoms with van der Waals surface area (Å²) in [5, 5.41) is 5.67. The Hall–Kier alpha value is -3.35. The number of amides is 3. The van der Waals surface area contributed by atoms with Crippen molar-refractivity contribution in [1.82, 2.24) is 15.5 Å². The molecule has 176 valence electrons. The molecule has 2 aromatic rings. The van der Waals surface area contributed by atoms with E-state index in [4.69, 9.17) is 4.74 Å². The third kappa shape index (κ3) is 7.34. The summed E-state index contributed by atoms with van der Waals surface area (Å²) >= 11 is 0. The molecule has 1 fully saturated rings. The van der Waals surface area contributed by atoms with Crippen LogP contribution in [0, 0.1) is 0 Å². The fourth-order valence-electron chi connectivity index (χ4n) is 3.91. The number of benzene rings is 2. The van der Waals surface area contributed by atoms with Crippen LogP contribution in [0.2, 0.25) is 0 Å². The zero-order valence-electron chi connectivity index (χ0n) is 19.5. The third-order valence-corrected chi connectivity index (χ3v) is 5.42. The monoisotopic (exact) mass is 451 g/mol. The highest BCUT2D eigenvalue weighted by molar-refractivity contribution is 5.92. The van der Waals surface area contributed by atoms with Crippen LogP contribution in [0.1, 0.15) is 44.7 Å². The molecule has 2 atom stereocenters. The van der Waals surface area contributed by atoms with Gasteiger partial charge in [0.2, 0.25) is 11.8 Å². The van der Waals surface area contributed by atoms with Gasteiger partial charge in [-0.2, -0.15) is 0 Å². The average Bonchev–Trinajstić information content (AvgIpc) is 3.27. The highest BCUT2D eigenvalue weighted by atomic mass is 16.6. The Balaban J connectivity index is 1.70. The third-order valence-electron chi connectivity index (χ3n) is 5.42. The first-order chi connectivity index (χ1) is 15.7. The molecule has 0 bridgehead atoms. The first kappa shape index (κ1) is 24.3. The van der Waals surface area contributed by atoms with Crippen molar-refractivity contribution >= 4 is 17.9 Å². The SMILES string of the molecule is CC(C)(C)OC(=O)N[C@H](Cc1ccccc1)C(=O)N1CCC[C@H]1C(=O)NCc1ccccc1. The van der Waals surface area contributed by atoms with Crippen molar-refractivity contribution in [3.63, 3.8) is 0 Å². The van der Waals surface area contributed by atoms with E-state index in [1.54, 1.807) is 25.7 Å². The highest BCUT2D eigenvalue weighted by Gasteiger charge is 2.38. The van der Waals surface area contributed by atoms with Crippen molar-refractivity contribution in [2.24, 2.45) is 0 Å². The van der Waals surface area contributed by atoms with Gasteiger partial charge < -0.3 is 20.3 Å². The smallest absolute Gasteiger partial charge is 0.408 e. The van der Waals surface area contributed by atoms with Crippen LogP contribution >= 0.6 is 0 Å². The maximum Gasteiger partial charge on any atom is 0.408 e. The van der Waals surface area contributed by atoms with Crippen LogP contribution in [0.15, 0.2) is 60.7 Å². The highest BCUT2D eigenvalue weighted by Crippen LogP contribution is 2.20. The standard InChI is InChI=1S/C26H33N3O4/c1-26(2,3)33-25(32)28-21(17-19-11-6-4-7-12-19)24(31)29-16-10-15-22(29)23(30)27-18-20-13-8-5-9-14-20/h4-9,11-14,21-22H,10,15-18H2,1-3H3,(H,27,30)(H,28,32)/t21-,22+/m1/s1. The lowest BCUT2D eigenvalue weighted by Crippen LogP contribution is -2.54. The number of nitrogens with one attached hydrogen (secondary N) is 2. The molecule has 1 aliphatic rings. The molecule has 7 nitrogen and oxygen atoms in total. The second-order valence-corrected chi connectivity index (χ2v) is 9.28. The Morgan fingerprint density at radius 3 is 2.21 bits per heavy atom. The van der Waals surface area contributed by atoms with E-state index < -0.39 is 23.8 Å². The van der Waals surface area contributed by atoms with Gasteiger partial charge in [-0.05, 0) is 44.7 Å². The minimum Gasteiger partial charge on any atom is -0.444 e. The van der Waals surface area contributed by atoms with Crippen molar-refractivity contribution < 1.29 is 19.1 Å². The van der Waals surface area contributed by atoms with Crippen molar-refractivity contribution in [3.8, 4) is 0 Å². The molecular formula is C26H33N3O4. The van der Waals surface area contributed by atoms with E-state index in [9.17, 15) is 14.4 Å². The summed E-state index contributed by atoms with van der Waals surface area (Å²) in [6.45, 7) is 6.20. The zero-order chi connectivity index (χ0) is 23.8. The summed E-state index contributed by atoms with van der Waals surface area (Å²) in [5.41, 5.74) is 1.23. The van der Waals surface area contributed by atoms with Gasteiger partial charge in [0.1, 0.15) is 17.7 Å². The second kappa shape index (κ2) is 11.0. The van der Waals surface area contributed by atoms with Gasteiger partial charge in [-0.3, -0.25) is 9.59 Å². The van der Waals surface area contributed by atoms with E-state index in [1.807, 2.05) is 60.7 Å². The molecule has 2 N–H and O–H groups in total. The lowest BCUT2D eigenvalue weighted by Gasteiger charge is -2.29. The fourth-order valence-corrected chi connectivity index (χ4v) is 3.91. The van der Waals surface area contributed by atoms with Crippen LogP contribution < -0.4 is 10.6 Å². The van der Waals surface area contributed by atoms with Crippen LogP contribution in [-0.4, -0.2) is 47.0 Å². The Morgan fingerprint density at radius 1 is 1.00 bits per heavy atom. The summed E-state index contributed by atoms with van der Waals surface area (Å²) in [7, 11) is 0. The number of carbonyl (C=O) groups is 3. The van der Waals surface area contributed by atoms with Crippen LogP contribution in [0.3, 0.4) is 0 Å². The summed E-state index contributed by atoms with van der Waals surface area (Å²) < 4.78 is 5.38. The predicted octanol–water partition coefficient (Wildman–Crippen LogP) is 3.43. The van der Waals surface area contributed by atoms with Crippen LogP contribution in [0.4, 0.5) is 4.79 Å². The topological polar surface area (TPSA) is 87.7 Å². The minimum absolute atomic E-state index is 0.180. The first-order valence-electron chi connectivity index (χ1n) is 11.4. The molecule has 1 heterocycles. The summed E-state index contributed by atoms with van der Waals surface area (Å²) in [6.07, 6.45) is 0.991. The van der Waals surface area contributed by atoms with E-state index in [0.717, 1.165) is 17.5 Å². The first-order valence-corrected chi connectivity index (χ1v) is 11.4. The number of ether oxygens (including phenoxy) is 1. The number of alkyl carbamates (subject to hydrolysis) is 1. The molecule has 0 radical (unpaired) electrons. The van der Waals surface area contributed by atoms with E-state index >= 15 is 0 Å². The Bertz CT molecular complexity index is 941. The predicted molar refractivity (Wildman–Crippen MR) is 126 cm³/mol. The number of rotatable bonds is 7. The molecule has 0 unspecified atom stereocenters. The summed E-state index contributed by atoms with van der Waals surface area (Å²) in [4.78, 5) is 40.5. The quantitative estimate of drug-likeness (QED) is 0.675. The maximum atomic E-state index is 13.5. The molecule has 0 saturated carbocycles. The van der Waals surface area contributed by atoms with Crippen LogP contribution in [-0.2, 0) is 27.3 Å². The molecule has 33 heavy (non-hydrogen) atoms. The maximum absolute atomic E-state index is 13.5. The normalized spacial score (nSPS) is 16.7. The summed E-state index contributed by atoms with van der Waals surface area (Å²) in [5.74, 6) is -0.456. The summed E-state index contributed by atoms with van der Waals surface area (Å²) in [6, 6.07) is 17.8. The molecule has 3 rings (SSSR count). The molecule has 3 amide bonds. The molecule has 0 aliphatic carbocycles. The number of nitrogens with zero attached hydrogens (tertiary/aromatic N) is 1. The van der Waals surface area contributed by atoms with Crippen molar-refractivity contribution in [2.75, 3.05) is 6.54 Å². The number of likely N-dealkylation sites (tertiary alicyclic amines) is 1. The lowest BCUT2D eigenvalue weighted by atomic mass is 10.0. The fraction of sp³-hybridized carbons (Fsp3) is 0.423. The molecule has 0 aromatic heterocycles. The van der Waals surface area contributed by atoms with Gasteiger partial charge in [-0.1, -0.05) is 60.7 Å². The number of hydrogen-bond donors (Lipinski definition) is 2. The average molecular weight is 452 g/mol. The Kier molecular flexibility index (Phi) is 8.09. The Labute approximate surface area is 195 Å². The minimum atomic E-state index is -0.829. The van der Waals surface area contributed by atoms with Crippen LogP contribution in [0.25, 0.3) is 0 Å². The molecule has 2 aromatic carbocycles. The lowest BCUT2D eigenvalue weighted by molar-refractivity contribution is -0.140. The number of carbonyl (C=O) groups excluding carboxylic acids is 3.